The molecule has 0 saturated heterocycles. The molecule has 0 saturated carbocycles. The van der Waals surface area contributed by atoms with Gasteiger partial charge in [-0.1, -0.05) is 61.7 Å². The highest BCUT2D eigenvalue weighted by Crippen LogP contribution is 2.47. The molecule has 1 aliphatic rings. The first-order valence-electron chi connectivity index (χ1n) is 7.58. The Balaban J connectivity index is 2.44. The number of rotatable bonds is 7. The predicted octanol–water partition coefficient (Wildman–Crippen LogP) is 5.74. The molecule has 2 rings (SSSR count). The molecule has 0 N–H and O–H groups in total. The van der Waals surface area contributed by atoms with E-state index in [9.17, 15) is 0 Å². The first kappa shape index (κ1) is 15.1. The SMILES string of the molecule is C=CCCCC1([Si](C)(C)CC=C)C=Cc2ccccc21. The van der Waals surface area contributed by atoms with Crippen molar-refractivity contribution in [2.45, 2.75) is 43.4 Å². The van der Waals surface area contributed by atoms with Crippen molar-refractivity contribution in [3.63, 3.8) is 0 Å². The number of fused-ring (bicyclic) bond motifs is 1. The number of unbranched alkanes of at least 4 members (excludes halogenated alkanes) is 1. The molecule has 0 nitrogen and oxygen atoms in total. The molecule has 1 heteroatoms. The van der Waals surface area contributed by atoms with Gasteiger partial charge in [-0.25, -0.2) is 0 Å². The van der Waals surface area contributed by atoms with Crippen molar-refractivity contribution in [1.82, 2.24) is 0 Å². The molecule has 0 radical (unpaired) electrons. The number of benzene rings is 1. The minimum atomic E-state index is -1.46. The Hall–Kier alpha value is -1.34. The van der Waals surface area contributed by atoms with E-state index in [-0.39, 0.29) is 5.04 Å². The average molecular weight is 283 g/mol. The molecule has 1 aromatic carbocycles. The van der Waals surface area contributed by atoms with E-state index in [0.29, 0.717) is 0 Å². The Morgan fingerprint density at radius 2 is 1.90 bits per heavy atom. The molecule has 0 bridgehead atoms. The fourth-order valence-corrected chi connectivity index (χ4v) is 7.02. The number of hydrogen-bond acceptors (Lipinski definition) is 0. The van der Waals surface area contributed by atoms with Crippen LogP contribution in [0.3, 0.4) is 0 Å². The van der Waals surface area contributed by atoms with Gasteiger partial charge in [0, 0.05) is 5.04 Å². The van der Waals surface area contributed by atoms with Crippen molar-refractivity contribution in [3.05, 3.63) is 66.8 Å². The maximum atomic E-state index is 4.00. The second-order valence-corrected chi connectivity index (χ2v) is 11.5. The minimum absolute atomic E-state index is 0.265. The molecule has 1 aliphatic carbocycles. The second kappa shape index (κ2) is 5.97. The van der Waals surface area contributed by atoms with Crippen LogP contribution in [0.15, 0.2) is 55.7 Å². The van der Waals surface area contributed by atoms with E-state index in [1.165, 1.54) is 24.4 Å². The van der Waals surface area contributed by atoms with Gasteiger partial charge in [-0.3, -0.25) is 0 Å². The molecule has 20 heavy (non-hydrogen) atoms. The van der Waals surface area contributed by atoms with E-state index < -0.39 is 8.07 Å². The van der Waals surface area contributed by atoms with E-state index in [1.54, 1.807) is 5.56 Å². The summed E-state index contributed by atoms with van der Waals surface area (Å²) in [7, 11) is -1.46. The van der Waals surface area contributed by atoms with Gasteiger partial charge >= 0.3 is 0 Å². The quantitative estimate of drug-likeness (QED) is 0.340. The molecule has 0 aromatic heterocycles. The van der Waals surface area contributed by atoms with E-state index in [2.05, 4.69) is 68.7 Å². The normalized spacial score (nSPS) is 20.7. The Morgan fingerprint density at radius 3 is 2.60 bits per heavy atom. The lowest BCUT2D eigenvalue weighted by molar-refractivity contribution is 0.610. The Kier molecular flexibility index (Phi) is 4.49. The molecular weight excluding hydrogens is 256 g/mol. The zero-order valence-electron chi connectivity index (χ0n) is 12.9. The molecule has 1 aromatic rings. The van der Waals surface area contributed by atoms with Crippen LogP contribution >= 0.6 is 0 Å². The Bertz CT molecular complexity index is 524. The maximum Gasteiger partial charge on any atom is 0.0672 e. The highest BCUT2D eigenvalue weighted by molar-refractivity contribution is 6.81. The lowest BCUT2D eigenvalue weighted by Crippen LogP contribution is -2.49. The summed E-state index contributed by atoms with van der Waals surface area (Å²) < 4.78 is 0. The van der Waals surface area contributed by atoms with Gasteiger partial charge in [0.2, 0.25) is 0 Å². The van der Waals surface area contributed by atoms with Gasteiger partial charge in [0.1, 0.15) is 0 Å². The van der Waals surface area contributed by atoms with Crippen molar-refractivity contribution in [2.75, 3.05) is 0 Å². The van der Waals surface area contributed by atoms with Gasteiger partial charge in [0.15, 0.2) is 0 Å². The summed E-state index contributed by atoms with van der Waals surface area (Å²) >= 11 is 0. The molecular formula is C19H26Si. The third-order valence-corrected chi connectivity index (χ3v) is 9.24. The van der Waals surface area contributed by atoms with E-state index in [0.717, 1.165) is 6.42 Å². The predicted molar refractivity (Wildman–Crippen MR) is 93.7 cm³/mol. The minimum Gasteiger partial charge on any atom is -0.103 e. The van der Waals surface area contributed by atoms with Gasteiger partial charge < -0.3 is 0 Å². The van der Waals surface area contributed by atoms with Crippen LogP contribution in [0, 0.1) is 0 Å². The monoisotopic (exact) mass is 282 g/mol. The van der Waals surface area contributed by atoms with Crippen LogP contribution in [0.4, 0.5) is 0 Å². The Labute approximate surface area is 124 Å². The summed E-state index contributed by atoms with van der Waals surface area (Å²) in [6.07, 6.45) is 12.6. The van der Waals surface area contributed by atoms with Gasteiger partial charge in [-0.05, 0) is 36.4 Å². The van der Waals surface area contributed by atoms with Crippen molar-refractivity contribution in [2.24, 2.45) is 0 Å². The summed E-state index contributed by atoms with van der Waals surface area (Å²) in [5.41, 5.74) is 2.96. The first-order chi connectivity index (χ1) is 9.57. The maximum absolute atomic E-state index is 4.00. The fraction of sp³-hybridized carbons (Fsp3) is 0.368. The van der Waals surface area contributed by atoms with E-state index in [4.69, 9.17) is 0 Å². The topological polar surface area (TPSA) is 0 Å². The summed E-state index contributed by atoms with van der Waals surface area (Å²) in [4.78, 5) is 0. The van der Waals surface area contributed by atoms with Crippen molar-refractivity contribution >= 4 is 14.1 Å². The van der Waals surface area contributed by atoms with Crippen LogP contribution in [0.25, 0.3) is 6.08 Å². The van der Waals surface area contributed by atoms with Crippen LogP contribution in [0.1, 0.15) is 30.4 Å². The molecule has 1 atom stereocenters. The fourth-order valence-electron chi connectivity index (χ4n) is 3.59. The largest absolute Gasteiger partial charge is 0.103 e. The van der Waals surface area contributed by atoms with E-state index >= 15 is 0 Å². The molecule has 0 fully saturated rings. The van der Waals surface area contributed by atoms with Crippen LogP contribution < -0.4 is 0 Å². The van der Waals surface area contributed by atoms with Crippen LogP contribution in [-0.2, 0) is 5.04 Å². The van der Waals surface area contributed by atoms with Crippen molar-refractivity contribution in [1.29, 1.82) is 0 Å². The van der Waals surface area contributed by atoms with Gasteiger partial charge in [0.05, 0.1) is 8.07 Å². The van der Waals surface area contributed by atoms with E-state index in [1.807, 2.05) is 6.08 Å². The van der Waals surface area contributed by atoms with Crippen LogP contribution in [-0.4, -0.2) is 8.07 Å². The third-order valence-electron chi connectivity index (χ3n) is 4.83. The Morgan fingerprint density at radius 1 is 1.15 bits per heavy atom. The number of hydrogen-bond donors (Lipinski definition) is 0. The van der Waals surface area contributed by atoms with Crippen LogP contribution in [0.2, 0.25) is 19.1 Å². The van der Waals surface area contributed by atoms with Gasteiger partial charge in [-0.2, -0.15) is 0 Å². The van der Waals surface area contributed by atoms with Crippen molar-refractivity contribution in [3.8, 4) is 0 Å². The zero-order chi connectivity index (χ0) is 14.6. The lowest BCUT2D eigenvalue weighted by atomic mass is 9.94. The van der Waals surface area contributed by atoms with Crippen LogP contribution in [0.5, 0.6) is 0 Å². The molecule has 106 valence electrons. The average Bonchev–Trinajstić information content (AvgIpc) is 2.80. The van der Waals surface area contributed by atoms with Gasteiger partial charge in [-0.15, -0.1) is 13.2 Å². The third kappa shape index (κ3) is 2.47. The van der Waals surface area contributed by atoms with Gasteiger partial charge in [0.25, 0.3) is 0 Å². The first-order valence-corrected chi connectivity index (χ1v) is 10.8. The summed E-state index contributed by atoms with van der Waals surface area (Å²) in [6.45, 7) is 12.9. The lowest BCUT2D eigenvalue weighted by Gasteiger charge is -2.43. The standard InChI is InChI=1S/C19H26Si/c1-5-7-10-14-19(20(3,4)16-6-2)15-13-17-11-8-9-12-18(17)19/h5-6,8-9,11-13,15H,1-2,7,10,14,16H2,3-4H3. The highest BCUT2D eigenvalue weighted by atomic mass is 28.3. The number of allylic oxidation sites excluding steroid dienone is 3. The molecule has 1 unspecified atom stereocenters. The molecule has 0 aliphatic heterocycles. The molecule has 0 spiro atoms. The van der Waals surface area contributed by atoms with Crippen molar-refractivity contribution < 1.29 is 0 Å². The summed E-state index contributed by atoms with van der Waals surface area (Å²) in [5.74, 6) is 0. The molecule has 0 heterocycles. The smallest absolute Gasteiger partial charge is 0.0672 e. The molecule has 0 amide bonds. The highest BCUT2D eigenvalue weighted by Gasteiger charge is 2.47. The summed E-state index contributed by atoms with van der Waals surface area (Å²) in [6, 6.07) is 10.1. The summed E-state index contributed by atoms with van der Waals surface area (Å²) in [5, 5.41) is 0.265. The second-order valence-electron chi connectivity index (χ2n) is 6.45. The zero-order valence-corrected chi connectivity index (χ0v) is 13.9.